The molecule has 1 aliphatic heterocycles. The Bertz CT molecular complexity index is 1090. The van der Waals surface area contributed by atoms with Crippen LogP contribution in [0, 0.1) is 0 Å². The molecule has 1 aromatic heterocycles. The lowest BCUT2D eigenvalue weighted by atomic mass is 10.1. The maximum absolute atomic E-state index is 13.5. The minimum absolute atomic E-state index is 0.349. The first-order valence-corrected chi connectivity index (χ1v) is 10.6. The van der Waals surface area contributed by atoms with Crippen molar-refractivity contribution in [3.05, 3.63) is 86.7 Å². The highest BCUT2D eigenvalue weighted by molar-refractivity contribution is 7.11. The van der Waals surface area contributed by atoms with E-state index in [1.165, 1.54) is 11.3 Å². The molecule has 2 aromatic carbocycles. The monoisotopic (exact) mass is 442 g/mol. The van der Waals surface area contributed by atoms with Gasteiger partial charge in [-0.25, -0.2) is 4.90 Å². The molecule has 29 heavy (non-hydrogen) atoms. The Kier molecular flexibility index (Phi) is 5.46. The van der Waals surface area contributed by atoms with Crippen LogP contribution in [0.3, 0.4) is 0 Å². The number of likely N-dealkylation sites (N-methyl/N-ethyl adjacent to an activating group) is 1. The highest BCUT2D eigenvalue weighted by Crippen LogP contribution is 2.39. The molecule has 0 atom stereocenters. The second-order valence-electron chi connectivity index (χ2n) is 6.35. The summed E-state index contributed by atoms with van der Waals surface area (Å²) in [6.45, 7) is 2.47. The van der Waals surface area contributed by atoms with Gasteiger partial charge in [0, 0.05) is 27.2 Å². The van der Waals surface area contributed by atoms with Gasteiger partial charge in [0.1, 0.15) is 5.70 Å². The fourth-order valence-electron chi connectivity index (χ4n) is 3.39. The zero-order valence-electron chi connectivity index (χ0n) is 15.4. The molecule has 0 radical (unpaired) electrons. The fourth-order valence-corrected chi connectivity index (χ4v) is 4.67. The number of benzene rings is 2. The van der Waals surface area contributed by atoms with Crippen molar-refractivity contribution >= 4 is 63.3 Å². The number of nitrogens with zero attached hydrogens (tertiary/aromatic N) is 2. The normalized spacial score (nSPS) is 14.1. The molecule has 0 N–H and O–H groups in total. The Labute approximate surface area is 182 Å². The molecule has 3 aromatic rings. The molecular formula is C22H16Cl2N2O2S. The van der Waals surface area contributed by atoms with Crippen molar-refractivity contribution in [2.45, 2.75) is 6.92 Å². The summed E-state index contributed by atoms with van der Waals surface area (Å²) in [5, 5.41) is 2.60. The molecule has 0 bridgehead atoms. The number of imide groups is 1. The van der Waals surface area contributed by atoms with Crippen LogP contribution in [-0.4, -0.2) is 18.4 Å². The highest BCUT2D eigenvalue weighted by atomic mass is 35.5. The first-order chi connectivity index (χ1) is 14.0. The van der Waals surface area contributed by atoms with Crippen molar-refractivity contribution in [1.29, 1.82) is 0 Å². The quantitative estimate of drug-likeness (QED) is 0.464. The lowest BCUT2D eigenvalue weighted by molar-refractivity contribution is -0.120. The second kappa shape index (κ2) is 8.03. The minimum atomic E-state index is -0.401. The number of hydrogen-bond acceptors (Lipinski definition) is 4. The van der Waals surface area contributed by atoms with E-state index >= 15 is 0 Å². The number of halogens is 2. The molecule has 0 aliphatic carbocycles. The molecule has 0 saturated carbocycles. The largest absolute Gasteiger partial charge is 0.337 e. The summed E-state index contributed by atoms with van der Waals surface area (Å²) in [7, 11) is 0. The number of anilines is 2. The van der Waals surface area contributed by atoms with E-state index in [0.717, 1.165) is 15.5 Å². The predicted molar refractivity (Wildman–Crippen MR) is 120 cm³/mol. The van der Waals surface area contributed by atoms with Gasteiger partial charge in [0.2, 0.25) is 0 Å². The average molecular weight is 443 g/mol. The van der Waals surface area contributed by atoms with Gasteiger partial charge >= 0.3 is 0 Å². The molecule has 0 spiro atoms. The van der Waals surface area contributed by atoms with Crippen LogP contribution in [-0.2, 0) is 9.59 Å². The van der Waals surface area contributed by atoms with E-state index in [0.29, 0.717) is 33.5 Å². The minimum Gasteiger partial charge on any atom is -0.337 e. The predicted octanol–water partition coefficient (Wildman–Crippen LogP) is 5.87. The Morgan fingerprint density at radius 1 is 0.931 bits per heavy atom. The number of carbonyl (C=O) groups is 2. The zero-order chi connectivity index (χ0) is 20.5. The third kappa shape index (κ3) is 3.57. The summed E-state index contributed by atoms with van der Waals surface area (Å²) in [6.07, 6.45) is 0. The van der Waals surface area contributed by atoms with Gasteiger partial charge in [0.15, 0.2) is 0 Å². The Morgan fingerprint density at radius 3 is 2.21 bits per heavy atom. The van der Waals surface area contributed by atoms with Gasteiger partial charge in [-0.3, -0.25) is 9.59 Å². The standard InChI is InChI=1S/C22H16Cl2N2O2S/c1-2-25(16-7-4-3-5-8-16)20-19(18-9-6-10-29-18)21(27)26(22(20)28)17-12-14(23)11-15(24)13-17/h3-13H,2H2,1H3. The molecular weight excluding hydrogens is 427 g/mol. The molecule has 146 valence electrons. The lowest BCUT2D eigenvalue weighted by Crippen LogP contribution is -2.35. The Hall–Kier alpha value is -2.60. The molecule has 4 nitrogen and oxygen atoms in total. The number of rotatable bonds is 5. The van der Waals surface area contributed by atoms with E-state index in [9.17, 15) is 9.59 Å². The lowest BCUT2D eigenvalue weighted by Gasteiger charge is -2.24. The summed E-state index contributed by atoms with van der Waals surface area (Å²) in [5.74, 6) is -0.789. The number of carbonyl (C=O) groups excluding carboxylic acids is 2. The third-order valence-electron chi connectivity index (χ3n) is 4.59. The van der Waals surface area contributed by atoms with Gasteiger partial charge in [-0.05, 0) is 48.7 Å². The van der Waals surface area contributed by atoms with Crippen LogP contribution in [0.4, 0.5) is 11.4 Å². The SMILES string of the molecule is CCN(C1=C(c2cccs2)C(=O)N(c2cc(Cl)cc(Cl)c2)C1=O)c1ccccc1. The van der Waals surface area contributed by atoms with Gasteiger partial charge in [-0.1, -0.05) is 47.5 Å². The van der Waals surface area contributed by atoms with E-state index in [2.05, 4.69) is 0 Å². The van der Waals surface area contributed by atoms with Gasteiger partial charge in [0.25, 0.3) is 11.8 Å². The maximum atomic E-state index is 13.5. The second-order valence-corrected chi connectivity index (χ2v) is 8.17. The van der Waals surface area contributed by atoms with Crippen LogP contribution in [0.15, 0.2) is 71.7 Å². The summed E-state index contributed by atoms with van der Waals surface area (Å²) in [4.78, 5) is 30.7. The van der Waals surface area contributed by atoms with Crippen LogP contribution in [0.2, 0.25) is 10.0 Å². The van der Waals surface area contributed by atoms with E-state index in [4.69, 9.17) is 23.2 Å². The average Bonchev–Trinajstić information content (AvgIpc) is 3.29. The summed E-state index contributed by atoms with van der Waals surface area (Å²) in [6, 6.07) is 17.9. The molecule has 7 heteroatoms. The first-order valence-electron chi connectivity index (χ1n) is 8.97. The van der Waals surface area contributed by atoms with Crippen LogP contribution < -0.4 is 9.80 Å². The zero-order valence-corrected chi connectivity index (χ0v) is 17.8. The molecule has 4 rings (SSSR count). The number of hydrogen-bond donors (Lipinski definition) is 0. The molecule has 0 fully saturated rings. The van der Waals surface area contributed by atoms with Crippen molar-refractivity contribution in [2.75, 3.05) is 16.3 Å². The topological polar surface area (TPSA) is 40.6 Å². The summed E-state index contributed by atoms with van der Waals surface area (Å²) >= 11 is 13.7. The van der Waals surface area contributed by atoms with Crippen LogP contribution in [0.5, 0.6) is 0 Å². The summed E-state index contributed by atoms with van der Waals surface area (Å²) < 4.78 is 0. The van der Waals surface area contributed by atoms with Gasteiger partial charge < -0.3 is 4.90 Å². The van der Waals surface area contributed by atoms with Crippen molar-refractivity contribution in [2.24, 2.45) is 0 Å². The van der Waals surface area contributed by atoms with Gasteiger partial charge in [-0.2, -0.15) is 0 Å². The molecule has 0 unspecified atom stereocenters. The van der Waals surface area contributed by atoms with Crippen molar-refractivity contribution in [1.82, 2.24) is 0 Å². The Balaban J connectivity index is 1.89. The fraction of sp³-hybridized carbons (Fsp3) is 0.0909. The van der Waals surface area contributed by atoms with Crippen LogP contribution >= 0.6 is 34.5 Å². The molecule has 1 aliphatic rings. The van der Waals surface area contributed by atoms with Crippen LogP contribution in [0.1, 0.15) is 11.8 Å². The third-order valence-corrected chi connectivity index (χ3v) is 5.91. The van der Waals surface area contributed by atoms with Crippen molar-refractivity contribution in [3.8, 4) is 0 Å². The summed E-state index contributed by atoms with van der Waals surface area (Å²) in [5.41, 5.74) is 1.92. The number of thiophene rings is 1. The van der Waals surface area contributed by atoms with E-state index in [1.807, 2.05) is 59.7 Å². The van der Waals surface area contributed by atoms with Gasteiger partial charge in [-0.15, -0.1) is 11.3 Å². The van der Waals surface area contributed by atoms with E-state index in [1.54, 1.807) is 18.2 Å². The van der Waals surface area contributed by atoms with E-state index in [-0.39, 0.29) is 5.91 Å². The van der Waals surface area contributed by atoms with Crippen LogP contribution in [0.25, 0.3) is 5.57 Å². The molecule has 0 saturated heterocycles. The Morgan fingerprint density at radius 2 is 1.62 bits per heavy atom. The maximum Gasteiger partial charge on any atom is 0.282 e. The molecule has 2 heterocycles. The molecule has 2 amide bonds. The van der Waals surface area contributed by atoms with Crippen molar-refractivity contribution < 1.29 is 9.59 Å². The highest BCUT2D eigenvalue weighted by Gasteiger charge is 2.43. The van der Waals surface area contributed by atoms with Crippen molar-refractivity contribution in [3.63, 3.8) is 0 Å². The smallest absolute Gasteiger partial charge is 0.282 e. The van der Waals surface area contributed by atoms with Gasteiger partial charge in [0.05, 0.1) is 11.3 Å². The number of para-hydroxylation sites is 1. The van der Waals surface area contributed by atoms with E-state index < -0.39 is 5.91 Å². The number of amides is 2. The first kappa shape index (κ1) is 19.7.